The van der Waals surface area contributed by atoms with Crippen LogP contribution < -0.4 is 0 Å². The third kappa shape index (κ3) is 9.73. The average Bonchev–Trinajstić information content (AvgIpc) is 3.42. The molecule has 4 aromatic heterocycles. The van der Waals surface area contributed by atoms with Gasteiger partial charge in [0.2, 0.25) is 0 Å². The second kappa shape index (κ2) is 21.6. The molecular formula is C54H30Br4N8S5. The van der Waals surface area contributed by atoms with Gasteiger partial charge >= 0.3 is 0 Å². The summed E-state index contributed by atoms with van der Waals surface area (Å²) in [6, 6.07) is 51.7. The van der Waals surface area contributed by atoms with E-state index in [1.165, 1.54) is 0 Å². The van der Waals surface area contributed by atoms with Crippen LogP contribution in [0.1, 0.15) is 0 Å². The Morgan fingerprint density at radius 3 is 0.676 bits per heavy atom. The number of hydrogen-bond acceptors (Lipinski definition) is 13. The predicted octanol–water partition coefficient (Wildman–Crippen LogP) is 18.0. The molecule has 0 amide bonds. The number of nitrogens with zero attached hydrogens (tertiary/aromatic N) is 8. The van der Waals surface area contributed by atoms with Crippen molar-refractivity contribution in [2.24, 2.45) is 0 Å². The van der Waals surface area contributed by atoms with Crippen molar-refractivity contribution in [2.75, 3.05) is 0 Å². The van der Waals surface area contributed by atoms with Crippen molar-refractivity contribution in [3.63, 3.8) is 0 Å². The van der Waals surface area contributed by atoms with Gasteiger partial charge in [-0.3, -0.25) is 0 Å². The molecule has 0 aliphatic rings. The van der Waals surface area contributed by atoms with Crippen LogP contribution in [0, 0.1) is 0 Å². The van der Waals surface area contributed by atoms with Crippen LogP contribution in [0.25, 0.3) is 65.7 Å². The van der Waals surface area contributed by atoms with E-state index in [-0.39, 0.29) is 0 Å². The quantitative estimate of drug-likeness (QED) is 0.116. The fourth-order valence-corrected chi connectivity index (χ4v) is 14.4. The Morgan fingerprint density at radius 2 is 0.465 bits per heavy atom. The van der Waals surface area contributed by atoms with Gasteiger partial charge in [-0.2, -0.15) is 0 Å². The molecular weight excluding hydrogens is 1240 g/mol. The SMILES string of the molecule is Brc1c(Br)c2ncnc3c(Br)c(Br)c4ncnc1c4c23.Sc1ccccc1.c1ccc(Sc2c(Sc3ccccc3)c3ncnc4c(Sc5ccccc5)c(Sc5ccccc5)c5ncnc2c5c34)cc1. The highest BCUT2D eigenvalue weighted by atomic mass is 79.9. The minimum Gasteiger partial charge on any atom is -0.235 e. The van der Waals surface area contributed by atoms with Crippen molar-refractivity contribution in [3.8, 4) is 0 Å². The Morgan fingerprint density at radius 1 is 0.268 bits per heavy atom. The third-order valence-corrected chi connectivity index (χ3v) is 20.1. The molecule has 0 aliphatic heterocycles. The highest BCUT2D eigenvalue weighted by Gasteiger charge is 2.28. The minimum atomic E-state index is 0.836. The first-order valence-electron chi connectivity index (χ1n) is 21.5. The molecule has 0 radical (unpaired) electrons. The molecule has 4 heterocycles. The van der Waals surface area contributed by atoms with Gasteiger partial charge in [0, 0.05) is 46.0 Å². The Bertz CT molecular complexity index is 3540. The van der Waals surface area contributed by atoms with Crippen LogP contribution in [-0.2, 0) is 0 Å². The van der Waals surface area contributed by atoms with Crippen LogP contribution in [0.3, 0.4) is 0 Å². The van der Waals surface area contributed by atoms with Gasteiger partial charge in [-0.05, 0) is 124 Å². The fourth-order valence-electron chi connectivity index (χ4n) is 7.92. The zero-order chi connectivity index (χ0) is 48.4. The van der Waals surface area contributed by atoms with Crippen molar-refractivity contribution in [1.82, 2.24) is 39.9 Å². The van der Waals surface area contributed by atoms with E-state index in [1.54, 1.807) is 72.4 Å². The standard InChI is InChI=1S/C36H22N4S4.C12H2Br4N4.C6H6S/c1-5-13-23(14-6-1)41-33-29-27-28-30(34(33)42-24-15-7-2-8-16-24)38-22-40-32(28)36(44-26-19-11-4-12-20-26)35(31(27)39-21-37-29)43-25-17-9-3-10-18-25;13-5-7(15)11-4-3-9(5)17-1-18-10(3)6(14)8(16)12(4)20-2-19-11;7-6-4-2-1-3-5-6/h1-22H;1-2H;1-5,7H. The lowest BCUT2D eigenvalue weighted by atomic mass is 10.0. The third-order valence-electron chi connectivity index (χ3n) is 11.0. The van der Waals surface area contributed by atoms with E-state index in [4.69, 9.17) is 19.9 Å². The molecule has 0 saturated heterocycles. The number of benzene rings is 9. The molecule has 0 atom stereocenters. The molecule has 0 bridgehead atoms. The Kier molecular flexibility index (Phi) is 14.7. The lowest BCUT2D eigenvalue weighted by Crippen LogP contribution is -2.00. The van der Waals surface area contributed by atoms with E-state index in [9.17, 15) is 0 Å². The van der Waals surface area contributed by atoms with Gasteiger partial charge in [0.05, 0.1) is 81.6 Å². The summed E-state index contributed by atoms with van der Waals surface area (Å²) in [6.07, 6.45) is 6.52. The Balaban J connectivity index is 0.000000165. The zero-order valence-electron chi connectivity index (χ0n) is 36.4. The lowest BCUT2D eigenvalue weighted by Gasteiger charge is -2.21. The molecule has 344 valence electrons. The second-order valence-corrected chi connectivity index (χ2v) is 23.4. The zero-order valence-corrected chi connectivity index (χ0v) is 46.9. The number of rotatable bonds is 8. The maximum atomic E-state index is 4.98. The van der Waals surface area contributed by atoms with Crippen LogP contribution in [0.2, 0.25) is 0 Å². The molecule has 13 rings (SSSR count). The summed E-state index contributed by atoms with van der Waals surface area (Å²) in [5.74, 6) is 0. The Hall–Kier alpha value is -4.95. The highest BCUT2D eigenvalue weighted by molar-refractivity contribution is 9.13. The number of aromatic nitrogens is 8. The van der Waals surface area contributed by atoms with E-state index in [2.05, 4.69) is 193 Å². The van der Waals surface area contributed by atoms with Crippen molar-refractivity contribution in [2.45, 2.75) is 44.1 Å². The number of halogens is 4. The van der Waals surface area contributed by atoms with Gasteiger partial charge in [0.15, 0.2) is 0 Å². The van der Waals surface area contributed by atoms with Crippen LogP contribution >= 0.6 is 123 Å². The largest absolute Gasteiger partial charge is 0.235 e. The first-order chi connectivity index (χ1) is 34.8. The van der Waals surface area contributed by atoms with Crippen LogP contribution in [0.4, 0.5) is 0 Å². The van der Waals surface area contributed by atoms with Gasteiger partial charge < -0.3 is 0 Å². The molecule has 0 aliphatic carbocycles. The maximum absolute atomic E-state index is 4.98. The smallest absolute Gasteiger partial charge is 0.116 e. The van der Waals surface area contributed by atoms with Crippen LogP contribution in [0.15, 0.2) is 239 Å². The summed E-state index contributed by atoms with van der Waals surface area (Å²) in [4.78, 5) is 47.3. The van der Waals surface area contributed by atoms with Crippen molar-refractivity contribution in [1.29, 1.82) is 0 Å². The topological polar surface area (TPSA) is 103 Å². The number of hydrogen-bond donors (Lipinski definition) is 1. The highest BCUT2D eigenvalue weighted by Crippen LogP contribution is 2.53. The molecule has 17 heteroatoms. The second-order valence-electron chi connectivity index (χ2n) is 15.4. The normalized spacial score (nSPS) is 11.4. The fraction of sp³-hybridized carbons (Fsp3) is 0. The average molecular weight is 1270 g/mol. The van der Waals surface area contributed by atoms with Crippen molar-refractivity contribution in [3.05, 3.63) is 195 Å². The molecule has 71 heavy (non-hydrogen) atoms. The molecule has 0 spiro atoms. The molecule has 0 unspecified atom stereocenters. The monoisotopic (exact) mass is 1270 g/mol. The molecule has 8 nitrogen and oxygen atoms in total. The van der Waals surface area contributed by atoms with Crippen LogP contribution in [-0.4, -0.2) is 39.9 Å². The lowest BCUT2D eigenvalue weighted by molar-refractivity contribution is 1.13. The molecule has 0 fully saturated rings. The number of thiol groups is 1. The summed E-state index contributed by atoms with van der Waals surface area (Å²) >= 11 is 25.3. The summed E-state index contributed by atoms with van der Waals surface area (Å²) < 4.78 is 3.47. The van der Waals surface area contributed by atoms with E-state index >= 15 is 0 Å². The summed E-state index contributed by atoms with van der Waals surface area (Å²) in [5.41, 5.74) is 7.01. The summed E-state index contributed by atoms with van der Waals surface area (Å²) in [6.45, 7) is 0. The van der Waals surface area contributed by atoms with Gasteiger partial charge in [-0.25, -0.2) is 39.9 Å². The van der Waals surface area contributed by atoms with E-state index < -0.39 is 0 Å². The van der Waals surface area contributed by atoms with Crippen LogP contribution in [0.5, 0.6) is 0 Å². The summed E-state index contributed by atoms with van der Waals surface area (Å²) in [5, 5.41) is 3.90. The first kappa shape index (κ1) is 48.3. The Labute approximate surface area is 463 Å². The predicted molar refractivity (Wildman–Crippen MR) is 309 cm³/mol. The minimum absolute atomic E-state index is 0.836. The van der Waals surface area contributed by atoms with Crippen molar-refractivity contribution >= 4 is 189 Å². The van der Waals surface area contributed by atoms with Gasteiger partial charge in [0.1, 0.15) is 25.3 Å². The molecule has 9 aromatic carbocycles. The van der Waals surface area contributed by atoms with E-state index in [0.29, 0.717) is 0 Å². The maximum Gasteiger partial charge on any atom is 0.116 e. The van der Waals surface area contributed by atoms with Crippen molar-refractivity contribution < 1.29 is 0 Å². The van der Waals surface area contributed by atoms with Gasteiger partial charge in [-0.1, -0.05) is 138 Å². The van der Waals surface area contributed by atoms with Gasteiger partial charge in [-0.15, -0.1) is 12.6 Å². The first-order valence-corrected chi connectivity index (χ1v) is 28.4. The molecule has 0 N–H and O–H groups in total. The molecule has 13 aromatic rings. The molecule has 0 saturated carbocycles. The van der Waals surface area contributed by atoms with Gasteiger partial charge in [0.25, 0.3) is 0 Å². The van der Waals surface area contributed by atoms with E-state index in [1.807, 2.05) is 54.6 Å². The van der Waals surface area contributed by atoms with E-state index in [0.717, 1.165) is 128 Å². The summed E-state index contributed by atoms with van der Waals surface area (Å²) in [7, 11) is 0.